The van der Waals surface area contributed by atoms with Crippen LogP contribution in [0, 0.1) is 11.3 Å². The molecule has 1 aromatic heterocycles. The van der Waals surface area contributed by atoms with Gasteiger partial charge in [-0.05, 0) is 18.2 Å². The van der Waals surface area contributed by atoms with Crippen LogP contribution in [0.25, 0.3) is 0 Å². The highest BCUT2D eigenvalue weighted by atomic mass is 35.5. The van der Waals surface area contributed by atoms with E-state index in [0.717, 1.165) is 11.3 Å². The first kappa shape index (κ1) is 12.3. The van der Waals surface area contributed by atoms with Crippen molar-refractivity contribution in [3.63, 3.8) is 0 Å². The van der Waals surface area contributed by atoms with Gasteiger partial charge < -0.3 is 11.1 Å². The van der Waals surface area contributed by atoms with E-state index >= 15 is 0 Å². The Bertz CT molecular complexity index is 648. The maximum Gasteiger partial charge on any atom is 0.286 e. The molecule has 0 aliphatic rings. The van der Waals surface area contributed by atoms with E-state index in [9.17, 15) is 4.79 Å². The number of aromatic nitrogens is 2. The number of halogens is 1. The van der Waals surface area contributed by atoms with Crippen molar-refractivity contribution in [2.24, 2.45) is 0 Å². The van der Waals surface area contributed by atoms with Crippen molar-refractivity contribution in [3.8, 4) is 6.07 Å². The fraction of sp³-hybridized carbons (Fsp3) is 0. The number of nitrogens with two attached hydrogens (primary N) is 1. The van der Waals surface area contributed by atoms with Crippen molar-refractivity contribution in [2.45, 2.75) is 0 Å². The number of amides is 1. The van der Waals surface area contributed by atoms with Crippen LogP contribution in [-0.4, -0.2) is 16.1 Å². The van der Waals surface area contributed by atoms with Crippen LogP contribution in [0.4, 0.5) is 10.8 Å². The van der Waals surface area contributed by atoms with Gasteiger partial charge >= 0.3 is 0 Å². The number of anilines is 2. The zero-order valence-corrected chi connectivity index (χ0v) is 10.4. The number of benzene rings is 1. The quantitative estimate of drug-likeness (QED) is 0.873. The maximum absolute atomic E-state index is 11.8. The number of hydrogen-bond donors (Lipinski definition) is 2. The van der Waals surface area contributed by atoms with Gasteiger partial charge in [0.05, 0.1) is 22.3 Å². The Balaban J connectivity index is 2.20. The molecule has 0 saturated carbocycles. The van der Waals surface area contributed by atoms with E-state index in [2.05, 4.69) is 15.5 Å². The number of nitrogen functional groups attached to an aromatic ring is 1. The Labute approximate surface area is 111 Å². The fourth-order valence-electron chi connectivity index (χ4n) is 1.19. The van der Waals surface area contributed by atoms with Gasteiger partial charge in [-0.15, -0.1) is 10.2 Å². The number of carbonyl (C=O) groups is 1. The molecule has 0 spiro atoms. The van der Waals surface area contributed by atoms with Crippen LogP contribution in [0.5, 0.6) is 0 Å². The highest BCUT2D eigenvalue weighted by Gasteiger charge is 2.13. The highest BCUT2D eigenvalue weighted by Crippen LogP contribution is 2.23. The van der Waals surface area contributed by atoms with E-state index in [1.807, 2.05) is 6.07 Å². The minimum Gasteiger partial charge on any atom is -0.374 e. The SMILES string of the molecule is N#Cc1ccc(NC(=O)c2nnc(N)s2)c(Cl)c1. The number of hydrogen-bond acceptors (Lipinski definition) is 6. The predicted molar refractivity (Wildman–Crippen MR) is 68.4 cm³/mol. The topological polar surface area (TPSA) is 105 Å². The van der Waals surface area contributed by atoms with Crippen molar-refractivity contribution in [3.05, 3.63) is 33.8 Å². The maximum atomic E-state index is 11.8. The molecule has 6 nitrogen and oxygen atoms in total. The minimum absolute atomic E-state index is 0.146. The lowest BCUT2D eigenvalue weighted by Crippen LogP contribution is -2.11. The molecular weight excluding hydrogens is 274 g/mol. The Hall–Kier alpha value is -2.17. The molecule has 1 amide bonds. The van der Waals surface area contributed by atoms with Gasteiger partial charge in [-0.2, -0.15) is 5.26 Å². The highest BCUT2D eigenvalue weighted by molar-refractivity contribution is 7.17. The number of nitriles is 1. The summed E-state index contributed by atoms with van der Waals surface area (Å²) in [4.78, 5) is 11.8. The lowest BCUT2D eigenvalue weighted by molar-refractivity contribution is 0.102. The summed E-state index contributed by atoms with van der Waals surface area (Å²) < 4.78 is 0. The Morgan fingerprint density at radius 3 is 2.83 bits per heavy atom. The monoisotopic (exact) mass is 279 g/mol. The van der Waals surface area contributed by atoms with Crippen LogP contribution in [0.2, 0.25) is 5.02 Å². The Morgan fingerprint density at radius 1 is 1.50 bits per heavy atom. The fourth-order valence-corrected chi connectivity index (χ4v) is 1.92. The van der Waals surface area contributed by atoms with Gasteiger partial charge in [0, 0.05) is 0 Å². The number of nitrogens with zero attached hydrogens (tertiary/aromatic N) is 3. The lowest BCUT2D eigenvalue weighted by atomic mass is 10.2. The number of nitrogens with one attached hydrogen (secondary N) is 1. The summed E-state index contributed by atoms with van der Waals surface area (Å²) in [6.07, 6.45) is 0. The third-order valence-corrected chi connectivity index (χ3v) is 3.05. The largest absolute Gasteiger partial charge is 0.374 e. The minimum atomic E-state index is -0.448. The third kappa shape index (κ3) is 2.56. The molecule has 2 rings (SSSR count). The molecular formula is C10H6ClN5OS. The summed E-state index contributed by atoms with van der Waals surface area (Å²) >= 11 is 6.90. The van der Waals surface area contributed by atoms with E-state index in [4.69, 9.17) is 22.6 Å². The van der Waals surface area contributed by atoms with Crippen LogP contribution in [-0.2, 0) is 0 Å². The van der Waals surface area contributed by atoms with Crippen molar-refractivity contribution in [1.29, 1.82) is 5.26 Å². The summed E-state index contributed by atoms with van der Waals surface area (Å²) in [6, 6.07) is 6.51. The van der Waals surface area contributed by atoms with Gasteiger partial charge in [-0.1, -0.05) is 22.9 Å². The molecule has 1 heterocycles. The first-order chi connectivity index (χ1) is 8.60. The van der Waals surface area contributed by atoms with Crippen LogP contribution in [0.15, 0.2) is 18.2 Å². The molecule has 18 heavy (non-hydrogen) atoms. The summed E-state index contributed by atoms with van der Waals surface area (Å²) in [5.41, 5.74) is 6.19. The van der Waals surface area contributed by atoms with E-state index < -0.39 is 5.91 Å². The molecule has 90 valence electrons. The van der Waals surface area contributed by atoms with Crippen LogP contribution >= 0.6 is 22.9 Å². The average Bonchev–Trinajstić information content (AvgIpc) is 2.78. The molecule has 3 N–H and O–H groups in total. The predicted octanol–water partition coefficient (Wildman–Crippen LogP) is 1.90. The van der Waals surface area contributed by atoms with Gasteiger partial charge in [0.2, 0.25) is 10.1 Å². The van der Waals surface area contributed by atoms with Crippen LogP contribution in [0.1, 0.15) is 15.4 Å². The first-order valence-electron chi connectivity index (χ1n) is 4.70. The second kappa shape index (κ2) is 5.00. The molecule has 0 bridgehead atoms. The van der Waals surface area contributed by atoms with Crippen molar-refractivity contribution in [2.75, 3.05) is 11.1 Å². The molecule has 0 fully saturated rings. The molecule has 0 aliphatic carbocycles. The first-order valence-corrected chi connectivity index (χ1v) is 5.89. The standard InChI is InChI=1S/C10H6ClN5OS/c11-6-3-5(4-12)1-2-7(6)14-8(17)9-15-16-10(13)18-9/h1-3H,(H2,13,16)(H,14,17). The van der Waals surface area contributed by atoms with Crippen molar-refractivity contribution in [1.82, 2.24) is 10.2 Å². The van der Waals surface area contributed by atoms with Gasteiger partial charge in [0.15, 0.2) is 0 Å². The van der Waals surface area contributed by atoms with Gasteiger partial charge in [-0.3, -0.25) is 4.79 Å². The second-order valence-electron chi connectivity index (χ2n) is 3.21. The summed E-state index contributed by atoms with van der Waals surface area (Å²) in [7, 11) is 0. The summed E-state index contributed by atoms with van der Waals surface area (Å²) in [6.45, 7) is 0. The molecule has 0 saturated heterocycles. The van der Waals surface area contributed by atoms with E-state index in [0.29, 0.717) is 11.3 Å². The zero-order chi connectivity index (χ0) is 13.1. The van der Waals surface area contributed by atoms with Gasteiger partial charge in [0.25, 0.3) is 5.91 Å². The molecule has 0 aliphatic heterocycles. The van der Waals surface area contributed by atoms with Crippen molar-refractivity contribution < 1.29 is 4.79 Å². The van der Waals surface area contributed by atoms with E-state index in [1.165, 1.54) is 6.07 Å². The molecule has 0 unspecified atom stereocenters. The normalized spacial score (nSPS) is 9.78. The smallest absolute Gasteiger partial charge is 0.286 e. The summed E-state index contributed by atoms with van der Waals surface area (Å²) in [5.74, 6) is -0.448. The Kier molecular flexibility index (Phi) is 3.41. The third-order valence-electron chi connectivity index (χ3n) is 1.98. The van der Waals surface area contributed by atoms with E-state index in [-0.39, 0.29) is 15.2 Å². The molecule has 1 aromatic carbocycles. The van der Waals surface area contributed by atoms with Gasteiger partial charge in [-0.25, -0.2) is 0 Å². The molecule has 8 heteroatoms. The average molecular weight is 280 g/mol. The number of carbonyl (C=O) groups excluding carboxylic acids is 1. The van der Waals surface area contributed by atoms with Crippen LogP contribution < -0.4 is 11.1 Å². The van der Waals surface area contributed by atoms with Gasteiger partial charge in [0.1, 0.15) is 0 Å². The molecule has 0 radical (unpaired) electrons. The van der Waals surface area contributed by atoms with Crippen LogP contribution in [0.3, 0.4) is 0 Å². The number of rotatable bonds is 2. The molecule has 0 atom stereocenters. The Morgan fingerprint density at radius 2 is 2.28 bits per heavy atom. The van der Waals surface area contributed by atoms with Crippen molar-refractivity contribution >= 4 is 39.7 Å². The van der Waals surface area contributed by atoms with E-state index in [1.54, 1.807) is 12.1 Å². The second-order valence-corrected chi connectivity index (χ2v) is 4.62. The summed E-state index contributed by atoms with van der Waals surface area (Å²) in [5, 5.41) is 19.0. The molecule has 2 aromatic rings. The lowest BCUT2D eigenvalue weighted by Gasteiger charge is -2.04. The zero-order valence-electron chi connectivity index (χ0n) is 8.85.